The van der Waals surface area contributed by atoms with Gasteiger partial charge in [0.05, 0.1) is 5.39 Å². The predicted octanol–water partition coefficient (Wildman–Crippen LogP) is 7.07. The van der Waals surface area contributed by atoms with E-state index in [1.165, 1.54) is 6.07 Å². The molecular weight excluding hydrogens is 436 g/mol. The Hall–Kier alpha value is -4.64. The summed E-state index contributed by atoms with van der Waals surface area (Å²) in [5.41, 5.74) is 6.31. The van der Waals surface area contributed by atoms with Gasteiger partial charge in [0, 0.05) is 34.3 Å². The molecule has 1 aromatic heterocycles. The first-order valence-electron chi connectivity index (χ1n) is 11.4. The fraction of sp³-hybridized carbons (Fsp3) is 0.0667. The smallest absolute Gasteiger partial charge is 0.255 e. The number of hydrogen-bond donors (Lipinski definition) is 2. The molecular formula is C30H24N2O3. The number of fused-ring (bicyclic) bond motifs is 1. The molecule has 0 bridgehead atoms. The molecule has 5 rings (SSSR count). The quantitative estimate of drug-likeness (QED) is 0.294. The highest BCUT2D eigenvalue weighted by Crippen LogP contribution is 2.26. The van der Waals surface area contributed by atoms with Crippen molar-refractivity contribution in [3.8, 4) is 11.3 Å². The van der Waals surface area contributed by atoms with Crippen molar-refractivity contribution in [1.29, 1.82) is 0 Å². The maximum Gasteiger partial charge on any atom is 0.255 e. The molecule has 0 saturated heterocycles. The van der Waals surface area contributed by atoms with Crippen LogP contribution in [0.15, 0.2) is 106 Å². The number of para-hydroxylation sites is 1. The van der Waals surface area contributed by atoms with Crippen LogP contribution < -0.4 is 16.1 Å². The minimum Gasteiger partial charge on any atom is -0.456 e. The molecule has 0 atom stereocenters. The second-order valence-electron chi connectivity index (χ2n) is 8.53. The zero-order chi connectivity index (χ0) is 24.4. The number of anilines is 3. The maximum absolute atomic E-state index is 12.7. The van der Waals surface area contributed by atoms with Gasteiger partial charge in [-0.1, -0.05) is 36.4 Å². The van der Waals surface area contributed by atoms with E-state index in [9.17, 15) is 9.59 Å². The lowest BCUT2D eigenvalue weighted by atomic mass is 10.1. The van der Waals surface area contributed by atoms with Gasteiger partial charge in [-0.3, -0.25) is 9.59 Å². The number of nitrogens with one attached hydrogen (secondary N) is 2. The molecule has 5 aromatic rings. The van der Waals surface area contributed by atoms with Crippen LogP contribution in [0.3, 0.4) is 0 Å². The lowest BCUT2D eigenvalue weighted by molar-refractivity contribution is 0.102. The molecule has 35 heavy (non-hydrogen) atoms. The Labute approximate surface area is 203 Å². The summed E-state index contributed by atoms with van der Waals surface area (Å²) in [6, 6.07) is 29.8. The average Bonchev–Trinajstić information content (AvgIpc) is 2.86. The Morgan fingerprint density at radius 2 is 1.40 bits per heavy atom. The monoisotopic (exact) mass is 460 g/mol. The van der Waals surface area contributed by atoms with Gasteiger partial charge in [0.1, 0.15) is 11.3 Å². The molecule has 5 nitrogen and oxygen atoms in total. The number of rotatable bonds is 5. The summed E-state index contributed by atoms with van der Waals surface area (Å²) in [4.78, 5) is 25.4. The third kappa shape index (κ3) is 4.84. The Morgan fingerprint density at radius 1 is 0.743 bits per heavy atom. The van der Waals surface area contributed by atoms with Crippen LogP contribution in [0.5, 0.6) is 0 Å². The average molecular weight is 461 g/mol. The minimum atomic E-state index is -0.216. The van der Waals surface area contributed by atoms with Crippen LogP contribution in [0.4, 0.5) is 17.1 Å². The van der Waals surface area contributed by atoms with Gasteiger partial charge in [-0.15, -0.1) is 0 Å². The summed E-state index contributed by atoms with van der Waals surface area (Å²) >= 11 is 0. The van der Waals surface area contributed by atoms with Crippen molar-refractivity contribution < 1.29 is 9.21 Å². The van der Waals surface area contributed by atoms with Gasteiger partial charge < -0.3 is 15.1 Å². The Bertz CT molecular complexity index is 1570. The molecule has 1 heterocycles. The highest BCUT2D eigenvalue weighted by atomic mass is 16.3. The first-order valence-corrected chi connectivity index (χ1v) is 11.4. The van der Waals surface area contributed by atoms with Crippen molar-refractivity contribution >= 4 is 33.9 Å². The van der Waals surface area contributed by atoms with E-state index in [0.29, 0.717) is 28.0 Å². The van der Waals surface area contributed by atoms with Gasteiger partial charge in [0.15, 0.2) is 5.43 Å². The molecule has 0 radical (unpaired) electrons. The number of benzene rings is 4. The first kappa shape index (κ1) is 22.2. The van der Waals surface area contributed by atoms with E-state index in [2.05, 4.69) is 10.6 Å². The van der Waals surface area contributed by atoms with Crippen LogP contribution in [0.1, 0.15) is 21.5 Å². The van der Waals surface area contributed by atoms with Crippen molar-refractivity contribution in [3.05, 3.63) is 124 Å². The van der Waals surface area contributed by atoms with E-state index in [1.807, 2.05) is 80.6 Å². The van der Waals surface area contributed by atoms with Crippen LogP contribution in [0.2, 0.25) is 0 Å². The number of hydrogen-bond acceptors (Lipinski definition) is 4. The van der Waals surface area contributed by atoms with E-state index >= 15 is 0 Å². The van der Waals surface area contributed by atoms with E-state index < -0.39 is 0 Å². The second-order valence-corrected chi connectivity index (χ2v) is 8.53. The lowest BCUT2D eigenvalue weighted by Gasteiger charge is -2.09. The lowest BCUT2D eigenvalue weighted by Crippen LogP contribution is -2.11. The molecule has 4 aromatic carbocycles. The Balaban J connectivity index is 1.31. The zero-order valence-corrected chi connectivity index (χ0v) is 19.5. The Morgan fingerprint density at radius 3 is 2.11 bits per heavy atom. The maximum atomic E-state index is 12.7. The normalized spacial score (nSPS) is 10.8. The molecule has 0 fully saturated rings. The summed E-state index contributed by atoms with van der Waals surface area (Å²) in [6.07, 6.45) is 0. The molecule has 2 N–H and O–H groups in total. The van der Waals surface area contributed by atoms with Gasteiger partial charge in [-0.05, 0) is 79.6 Å². The Kier molecular flexibility index (Phi) is 5.90. The number of carbonyl (C=O) groups is 1. The van der Waals surface area contributed by atoms with E-state index in [1.54, 1.807) is 24.3 Å². The molecule has 0 aliphatic heterocycles. The zero-order valence-electron chi connectivity index (χ0n) is 19.5. The van der Waals surface area contributed by atoms with Crippen molar-refractivity contribution in [2.24, 2.45) is 0 Å². The summed E-state index contributed by atoms with van der Waals surface area (Å²) in [6.45, 7) is 3.89. The number of amides is 1. The molecule has 1 amide bonds. The van der Waals surface area contributed by atoms with E-state index in [0.717, 1.165) is 28.1 Å². The highest BCUT2D eigenvalue weighted by Gasteiger charge is 2.11. The topological polar surface area (TPSA) is 71.3 Å². The number of carbonyl (C=O) groups excluding carboxylic acids is 1. The molecule has 172 valence electrons. The molecule has 0 aliphatic carbocycles. The summed E-state index contributed by atoms with van der Waals surface area (Å²) in [5, 5.41) is 6.81. The second kappa shape index (κ2) is 9.31. The fourth-order valence-corrected chi connectivity index (χ4v) is 4.07. The van der Waals surface area contributed by atoms with Crippen LogP contribution >= 0.6 is 0 Å². The van der Waals surface area contributed by atoms with Crippen molar-refractivity contribution in [1.82, 2.24) is 0 Å². The molecule has 0 unspecified atom stereocenters. The van der Waals surface area contributed by atoms with Crippen LogP contribution in [-0.4, -0.2) is 5.91 Å². The van der Waals surface area contributed by atoms with Crippen LogP contribution in [0.25, 0.3) is 22.3 Å². The van der Waals surface area contributed by atoms with Crippen molar-refractivity contribution in [2.45, 2.75) is 13.8 Å². The number of aryl methyl sites for hydroxylation is 2. The standard InChI is InChI=1S/C30H24N2O3/c1-19-16-20(2)29-26(17-19)27(33)18-28(35-29)21-8-10-22(11-9-21)30(34)32-25-14-12-24(13-15-25)31-23-6-4-3-5-7-23/h3-18,31H,1-2H3,(H,32,34). The van der Waals surface area contributed by atoms with E-state index in [4.69, 9.17) is 4.42 Å². The SMILES string of the molecule is Cc1cc(C)c2oc(-c3ccc(C(=O)Nc4ccc(Nc5ccccc5)cc4)cc3)cc(=O)c2c1. The van der Waals surface area contributed by atoms with Gasteiger partial charge >= 0.3 is 0 Å². The minimum absolute atomic E-state index is 0.0833. The van der Waals surface area contributed by atoms with Gasteiger partial charge in [0.25, 0.3) is 5.91 Å². The van der Waals surface area contributed by atoms with Crippen molar-refractivity contribution in [3.63, 3.8) is 0 Å². The molecule has 0 aliphatic rings. The molecule has 0 spiro atoms. The van der Waals surface area contributed by atoms with Crippen molar-refractivity contribution in [2.75, 3.05) is 10.6 Å². The van der Waals surface area contributed by atoms with Crippen LogP contribution in [0, 0.1) is 13.8 Å². The summed E-state index contributed by atoms with van der Waals surface area (Å²) in [7, 11) is 0. The van der Waals surface area contributed by atoms with Gasteiger partial charge in [-0.25, -0.2) is 0 Å². The summed E-state index contributed by atoms with van der Waals surface area (Å²) in [5.74, 6) is 0.259. The van der Waals surface area contributed by atoms with Gasteiger partial charge in [-0.2, -0.15) is 0 Å². The molecule has 5 heteroatoms. The van der Waals surface area contributed by atoms with Gasteiger partial charge in [0.2, 0.25) is 0 Å². The summed E-state index contributed by atoms with van der Waals surface area (Å²) < 4.78 is 6.06. The highest BCUT2D eigenvalue weighted by molar-refractivity contribution is 6.04. The fourth-order valence-electron chi connectivity index (χ4n) is 4.07. The van der Waals surface area contributed by atoms with E-state index in [-0.39, 0.29) is 11.3 Å². The third-order valence-electron chi connectivity index (χ3n) is 5.80. The molecule has 0 saturated carbocycles. The largest absolute Gasteiger partial charge is 0.456 e. The first-order chi connectivity index (χ1) is 17.0. The van der Waals surface area contributed by atoms with Crippen LogP contribution in [-0.2, 0) is 0 Å². The predicted molar refractivity (Wildman–Crippen MR) is 142 cm³/mol. The third-order valence-corrected chi connectivity index (χ3v) is 5.80.